The van der Waals surface area contributed by atoms with E-state index in [0.29, 0.717) is 17.4 Å². The molecule has 1 aromatic carbocycles. The zero-order valence-electron chi connectivity index (χ0n) is 16.3. The number of nitrogens with one attached hydrogen (secondary N) is 3. The van der Waals surface area contributed by atoms with Crippen LogP contribution < -0.4 is 16.0 Å². The molecule has 2 amide bonds. The van der Waals surface area contributed by atoms with E-state index in [1.54, 1.807) is 23.9 Å². The smallest absolute Gasteiger partial charge is 0.248 e. The maximum atomic E-state index is 12.4. The van der Waals surface area contributed by atoms with E-state index in [2.05, 4.69) is 46.6 Å². The number of amides is 2. The molecule has 0 saturated carbocycles. The van der Waals surface area contributed by atoms with E-state index < -0.39 is 0 Å². The van der Waals surface area contributed by atoms with Gasteiger partial charge in [0.1, 0.15) is 0 Å². The van der Waals surface area contributed by atoms with Crippen LogP contribution in [0.15, 0.2) is 60.2 Å². The van der Waals surface area contributed by atoms with Crippen molar-refractivity contribution in [2.45, 2.75) is 25.8 Å². The summed E-state index contributed by atoms with van der Waals surface area (Å²) >= 11 is 1.63. The molecule has 0 aliphatic carbocycles. The molecule has 0 saturated heterocycles. The summed E-state index contributed by atoms with van der Waals surface area (Å²) in [6.45, 7) is 7.65. The molecule has 29 heavy (non-hydrogen) atoms. The molecule has 1 atom stereocenters. The molecular weight excluding hydrogens is 386 g/mol. The van der Waals surface area contributed by atoms with Gasteiger partial charge in [-0.2, -0.15) is 0 Å². The summed E-state index contributed by atoms with van der Waals surface area (Å²) < 4.78 is 0. The molecule has 1 aliphatic heterocycles. The summed E-state index contributed by atoms with van der Waals surface area (Å²) in [5.74, 6) is 0.388. The monoisotopic (exact) mass is 409 g/mol. The third-order valence-electron chi connectivity index (χ3n) is 4.18. The fraction of sp³-hybridized carbons (Fsp3) is 0.238. The Morgan fingerprint density at radius 3 is 2.76 bits per heavy atom. The maximum absolute atomic E-state index is 12.4. The topological polar surface area (TPSA) is 96.0 Å². The van der Waals surface area contributed by atoms with Crippen molar-refractivity contribution >= 4 is 29.4 Å². The van der Waals surface area contributed by atoms with Crippen LogP contribution in [0.5, 0.6) is 0 Å². The highest BCUT2D eigenvalue weighted by Gasteiger charge is 2.20. The largest absolute Gasteiger partial charge is 0.362 e. The van der Waals surface area contributed by atoms with E-state index in [-0.39, 0.29) is 23.7 Å². The predicted octanol–water partition coefficient (Wildman–Crippen LogP) is 3.04. The van der Waals surface area contributed by atoms with Gasteiger partial charge in [0.15, 0.2) is 11.3 Å². The van der Waals surface area contributed by atoms with Crippen LogP contribution in [0.3, 0.4) is 0 Å². The van der Waals surface area contributed by atoms with Gasteiger partial charge in [-0.15, -0.1) is 10.2 Å². The summed E-state index contributed by atoms with van der Waals surface area (Å²) in [6.07, 6.45) is 3.40. The second-order valence-electron chi connectivity index (χ2n) is 6.81. The number of anilines is 1. The zero-order valence-corrected chi connectivity index (χ0v) is 17.1. The Morgan fingerprint density at radius 1 is 1.28 bits per heavy atom. The van der Waals surface area contributed by atoms with E-state index in [0.717, 1.165) is 11.1 Å². The number of carbonyl (C=O) groups excluding carboxylic acids is 2. The first-order chi connectivity index (χ1) is 13.9. The quantitative estimate of drug-likeness (QED) is 0.609. The van der Waals surface area contributed by atoms with Crippen molar-refractivity contribution in [2.24, 2.45) is 5.92 Å². The van der Waals surface area contributed by atoms with Crippen molar-refractivity contribution in [3.05, 3.63) is 65.7 Å². The number of allylic oxidation sites excluding steroid dienone is 1. The van der Waals surface area contributed by atoms with Gasteiger partial charge in [-0.05, 0) is 35.8 Å². The number of rotatable bonds is 7. The average molecular weight is 410 g/mol. The van der Waals surface area contributed by atoms with Gasteiger partial charge < -0.3 is 16.0 Å². The minimum absolute atomic E-state index is 0.0564. The second kappa shape index (κ2) is 9.38. The molecule has 3 N–H and O–H groups in total. The van der Waals surface area contributed by atoms with E-state index in [1.165, 1.54) is 11.0 Å². The van der Waals surface area contributed by atoms with Crippen LogP contribution in [0.2, 0.25) is 0 Å². The highest BCUT2D eigenvalue weighted by molar-refractivity contribution is 8.03. The summed E-state index contributed by atoms with van der Waals surface area (Å²) in [7, 11) is 0. The Hall–Kier alpha value is -3.13. The predicted molar refractivity (Wildman–Crippen MR) is 116 cm³/mol. The molecule has 0 bridgehead atoms. The van der Waals surface area contributed by atoms with Gasteiger partial charge in [-0.1, -0.05) is 50.4 Å². The van der Waals surface area contributed by atoms with Crippen molar-refractivity contribution in [1.29, 1.82) is 0 Å². The first kappa shape index (κ1) is 20.6. The van der Waals surface area contributed by atoms with Crippen LogP contribution in [0.1, 0.15) is 19.4 Å². The number of thioether (sulfide) groups is 1. The molecule has 8 heteroatoms. The van der Waals surface area contributed by atoms with Gasteiger partial charge in [0.05, 0.1) is 12.1 Å². The van der Waals surface area contributed by atoms with Gasteiger partial charge in [0.2, 0.25) is 11.8 Å². The molecule has 1 aliphatic rings. The van der Waals surface area contributed by atoms with Gasteiger partial charge in [-0.25, -0.2) is 0 Å². The number of carbonyl (C=O) groups is 2. The highest BCUT2D eigenvalue weighted by atomic mass is 32.2. The lowest BCUT2D eigenvalue weighted by molar-refractivity contribution is -0.120. The fourth-order valence-corrected chi connectivity index (χ4v) is 3.70. The lowest BCUT2D eigenvalue weighted by Gasteiger charge is -2.14. The van der Waals surface area contributed by atoms with E-state index in [9.17, 15) is 9.59 Å². The van der Waals surface area contributed by atoms with E-state index >= 15 is 0 Å². The zero-order chi connectivity index (χ0) is 20.8. The van der Waals surface area contributed by atoms with Crippen molar-refractivity contribution in [3.8, 4) is 11.3 Å². The number of hydrogen-bond acceptors (Lipinski definition) is 6. The molecule has 150 valence electrons. The van der Waals surface area contributed by atoms with E-state index in [4.69, 9.17) is 0 Å². The lowest BCUT2D eigenvalue weighted by Crippen LogP contribution is -2.39. The van der Waals surface area contributed by atoms with Gasteiger partial charge >= 0.3 is 0 Å². The molecule has 7 nitrogen and oxygen atoms in total. The summed E-state index contributed by atoms with van der Waals surface area (Å²) in [6, 6.07) is 11.0. The normalized spacial score (nSPS) is 15.4. The second-order valence-corrected chi connectivity index (χ2v) is 7.99. The number of hydrogen-bond donors (Lipinski definition) is 3. The minimum Gasteiger partial charge on any atom is -0.362 e. The standard InChI is InChI=1S/C21H23N5O2S/c1-4-19(27)23-18-9-8-16(25-26-18)15-7-5-6-14(10-15)11-20(28)24-21-22-12-17(29-21)13(2)3/h4-10,12-13,21-22H,1,11H2,2-3H3,(H,24,28)(H,23,26,27). The van der Waals surface area contributed by atoms with Gasteiger partial charge in [0, 0.05) is 16.7 Å². The number of aromatic nitrogens is 2. The Balaban J connectivity index is 1.60. The Morgan fingerprint density at radius 2 is 2.10 bits per heavy atom. The van der Waals surface area contributed by atoms with Crippen LogP contribution >= 0.6 is 11.8 Å². The molecule has 3 rings (SSSR count). The molecule has 2 aromatic rings. The first-order valence-electron chi connectivity index (χ1n) is 9.23. The van der Waals surface area contributed by atoms with Crippen LogP contribution in [0.4, 0.5) is 5.82 Å². The molecule has 0 fully saturated rings. The van der Waals surface area contributed by atoms with Crippen molar-refractivity contribution in [3.63, 3.8) is 0 Å². The number of nitrogens with zero attached hydrogens (tertiary/aromatic N) is 2. The molecular formula is C21H23N5O2S. The first-order valence-corrected chi connectivity index (χ1v) is 10.1. The van der Waals surface area contributed by atoms with Crippen LogP contribution in [0, 0.1) is 5.92 Å². The van der Waals surface area contributed by atoms with E-state index in [1.807, 2.05) is 30.5 Å². The van der Waals surface area contributed by atoms with Crippen LogP contribution in [-0.4, -0.2) is 27.5 Å². The minimum atomic E-state index is -0.342. The Labute approximate surface area is 174 Å². The average Bonchev–Trinajstić information content (AvgIpc) is 3.17. The Bertz CT molecular complexity index is 940. The maximum Gasteiger partial charge on any atom is 0.248 e. The summed E-state index contributed by atoms with van der Waals surface area (Å²) in [5.41, 5.74) is 2.25. The fourth-order valence-electron chi connectivity index (χ4n) is 2.69. The Kier molecular flexibility index (Phi) is 6.66. The summed E-state index contributed by atoms with van der Waals surface area (Å²) in [5, 5.41) is 16.9. The highest BCUT2D eigenvalue weighted by Crippen LogP contribution is 2.30. The molecule has 0 spiro atoms. The van der Waals surface area contributed by atoms with Crippen LogP contribution in [-0.2, 0) is 16.0 Å². The molecule has 1 aromatic heterocycles. The van der Waals surface area contributed by atoms with Gasteiger partial charge in [0.25, 0.3) is 0 Å². The third kappa shape index (κ3) is 5.68. The molecule has 2 heterocycles. The third-order valence-corrected chi connectivity index (χ3v) is 5.53. The number of benzene rings is 1. The van der Waals surface area contributed by atoms with Crippen molar-refractivity contribution in [2.75, 3.05) is 5.32 Å². The van der Waals surface area contributed by atoms with Crippen molar-refractivity contribution < 1.29 is 9.59 Å². The molecule has 1 unspecified atom stereocenters. The van der Waals surface area contributed by atoms with Crippen LogP contribution in [0.25, 0.3) is 11.3 Å². The van der Waals surface area contributed by atoms with Crippen molar-refractivity contribution in [1.82, 2.24) is 20.8 Å². The SMILES string of the molecule is C=CC(=O)Nc1ccc(-c2cccc(CC(=O)NC3NC=C(C(C)C)S3)c2)nn1. The molecule has 0 radical (unpaired) electrons. The lowest BCUT2D eigenvalue weighted by atomic mass is 10.1. The summed E-state index contributed by atoms with van der Waals surface area (Å²) in [4.78, 5) is 24.9. The van der Waals surface area contributed by atoms with Gasteiger partial charge in [-0.3, -0.25) is 9.59 Å².